The number of fused-ring (bicyclic) bond motifs is 1. The van der Waals surface area contributed by atoms with E-state index in [4.69, 9.17) is 16.3 Å². The predicted molar refractivity (Wildman–Crippen MR) is 87.5 cm³/mol. The van der Waals surface area contributed by atoms with Crippen LogP contribution in [-0.4, -0.2) is 42.6 Å². The van der Waals surface area contributed by atoms with Crippen molar-refractivity contribution >= 4 is 17.5 Å². The molecule has 2 heterocycles. The first kappa shape index (κ1) is 18.5. The zero-order valence-corrected chi connectivity index (χ0v) is 14.7. The lowest BCUT2D eigenvalue weighted by atomic mass is 9.91. The average molecular weight is 377 g/mol. The summed E-state index contributed by atoms with van der Waals surface area (Å²) in [6.45, 7) is 4.98. The molecule has 1 saturated heterocycles. The Kier molecular flexibility index (Phi) is 5.01. The SMILES string of the molecule is C[C@H]1CO[C@@H](C(=O)N2CCc3cc(C(F)(F)F)cc(Cl)c3[C@@H]2C)CN1. The predicted octanol–water partition coefficient (Wildman–Crippen LogP) is 3.18. The molecular formula is C17H20ClF3N2O2. The van der Waals surface area contributed by atoms with Crippen LogP contribution in [0, 0.1) is 0 Å². The fourth-order valence-corrected chi connectivity index (χ4v) is 3.83. The molecule has 3 atom stereocenters. The van der Waals surface area contributed by atoms with Crippen molar-refractivity contribution in [3.63, 3.8) is 0 Å². The van der Waals surface area contributed by atoms with Crippen molar-refractivity contribution in [3.8, 4) is 0 Å². The molecule has 0 saturated carbocycles. The molecule has 0 spiro atoms. The van der Waals surface area contributed by atoms with Gasteiger partial charge in [0.15, 0.2) is 0 Å². The number of nitrogens with one attached hydrogen (secondary N) is 1. The van der Waals surface area contributed by atoms with E-state index in [1.165, 1.54) is 0 Å². The van der Waals surface area contributed by atoms with E-state index in [2.05, 4.69) is 5.32 Å². The Hall–Kier alpha value is -1.31. The van der Waals surface area contributed by atoms with Crippen LogP contribution >= 0.6 is 11.6 Å². The number of carbonyl (C=O) groups is 1. The molecule has 138 valence electrons. The van der Waals surface area contributed by atoms with Crippen molar-refractivity contribution in [2.75, 3.05) is 19.7 Å². The molecule has 0 aromatic heterocycles. The largest absolute Gasteiger partial charge is 0.416 e. The molecule has 1 N–H and O–H groups in total. The minimum atomic E-state index is -4.44. The number of nitrogens with zero attached hydrogens (tertiary/aromatic N) is 1. The Morgan fingerprint density at radius 2 is 2.08 bits per heavy atom. The molecule has 25 heavy (non-hydrogen) atoms. The lowest BCUT2D eigenvalue weighted by Gasteiger charge is -2.39. The van der Waals surface area contributed by atoms with Gasteiger partial charge < -0.3 is 15.0 Å². The third-order valence-electron chi connectivity index (χ3n) is 4.81. The number of morpholine rings is 1. The van der Waals surface area contributed by atoms with Crippen molar-refractivity contribution in [3.05, 3.63) is 33.8 Å². The van der Waals surface area contributed by atoms with Gasteiger partial charge in [-0.15, -0.1) is 0 Å². The van der Waals surface area contributed by atoms with Gasteiger partial charge in [0.1, 0.15) is 6.10 Å². The monoisotopic (exact) mass is 376 g/mol. The molecule has 3 rings (SSSR count). The summed E-state index contributed by atoms with van der Waals surface area (Å²) in [7, 11) is 0. The Labute approximate surface area is 149 Å². The smallest absolute Gasteiger partial charge is 0.365 e. The van der Waals surface area contributed by atoms with Crippen LogP contribution in [0.5, 0.6) is 0 Å². The second kappa shape index (κ2) is 6.78. The van der Waals surface area contributed by atoms with Gasteiger partial charge in [0.2, 0.25) is 0 Å². The summed E-state index contributed by atoms with van der Waals surface area (Å²) in [6.07, 6.45) is -4.67. The highest BCUT2D eigenvalue weighted by molar-refractivity contribution is 6.31. The Bertz CT molecular complexity index is 673. The number of benzene rings is 1. The zero-order valence-electron chi connectivity index (χ0n) is 14.0. The topological polar surface area (TPSA) is 41.6 Å². The molecule has 0 aliphatic carbocycles. The molecule has 1 aromatic rings. The van der Waals surface area contributed by atoms with Gasteiger partial charge in [-0.25, -0.2) is 0 Å². The van der Waals surface area contributed by atoms with E-state index in [0.717, 1.165) is 12.1 Å². The lowest BCUT2D eigenvalue weighted by Crippen LogP contribution is -2.53. The fourth-order valence-electron chi connectivity index (χ4n) is 3.43. The Morgan fingerprint density at radius 3 is 2.68 bits per heavy atom. The quantitative estimate of drug-likeness (QED) is 0.818. The van der Waals surface area contributed by atoms with Gasteiger partial charge in [-0.3, -0.25) is 4.79 Å². The van der Waals surface area contributed by atoms with Gasteiger partial charge in [-0.05, 0) is 43.5 Å². The van der Waals surface area contributed by atoms with Crippen molar-refractivity contribution in [2.24, 2.45) is 0 Å². The minimum absolute atomic E-state index is 0.0473. The third kappa shape index (κ3) is 3.64. The van der Waals surface area contributed by atoms with Gasteiger partial charge in [0.25, 0.3) is 5.91 Å². The average Bonchev–Trinajstić information content (AvgIpc) is 2.54. The number of rotatable bonds is 1. The highest BCUT2D eigenvalue weighted by Gasteiger charge is 2.37. The Morgan fingerprint density at radius 1 is 1.36 bits per heavy atom. The molecule has 4 nitrogen and oxygen atoms in total. The molecule has 0 bridgehead atoms. The lowest BCUT2D eigenvalue weighted by molar-refractivity contribution is -0.149. The second-order valence-electron chi connectivity index (χ2n) is 6.62. The highest BCUT2D eigenvalue weighted by Crippen LogP contribution is 2.40. The minimum Gasteiger partial charge on any atom is -0.365 e. The third-order valence-corrected chi connectivity index (χ3v) is 5.12. The summed E-state index contributed by atoms with van der Waals surface area (Å²) >= 11 is 6.14. The van der Waals surface area contributed by atoms with Crippen LogP contribution in [0.15, 0.2) is 12.1 Å². The normalized spacial score (nSPS) is 27.1. The number of amides is 1. The summed E-state index contributed by atoms with van der Waals surface area (Å²) in [5, 5.41) is 3.25. The van der Waals surface area contributed by atoms with Gasteiger partial charge in [-0.2, -0.15) is 13.2 Å². The van der Waals surface area contributed by atoms with E-state index < -0.39 is 23.9 Å². The van der Waals surface area contributed by atoms with E-state index in [1.807, 2.05) is 6.92 Å². The molecular weight excluding hydrogens is 357 g/mol. The fraction of sp³-hybridized carbons (Fsp3) is 0.588. The van der Waals surface area contributed by atoms with Gasteiger partial charge in [-0.1, -0.05) is 11.6 Å². The maximum absolute atomic E-state index is 13.0. The summed E-state index contributed by atoms with van der Waals surface area (Å²) in [4.78, 5) is 14.4. The first-order chi connectivity index (χ1) is 11.7. The van der Waals surface area contributed by atoms with E-state index in [0.29, 0.717) is 37.2 Å². The molecule has 0 radical (unpaired) electrons. The first-order valence-corrected chi connectivity index (χ1v) is 8.61. The summed E-state index contributed by atoms with van der Waals surface area (Å²) in [5.41, 5.74) is 0.385. The van der Waals surface area contributed by atoms with Crippen molar-refractivity contribution in [2.45, 2.75) is 44.6 Å². The summed E-state index contributed by atoms with van der Waals surface area (Å²) in [6, 6.07) is 1.87. The number of carbonyl (C=O) groups excluding carboxylic acids is 1. The van der Waals surface area contributed by atoms with Gasteiger partial charge >= 0.3 is 6.18 Å². The second-order valence-corrected chi connectivity index (χ2v) is 7.02. The number of hydrogen-bond donors (Lipinski definition) is 1. The van der Waals surface area contributed by atoms with Crippen LogP contribution in [0.3, 0.4) is 0 Å². The maximum Gasteiger partial charge on any atom is 0.416 e. The molecule has 0 unspecified atom stereocenters. The van der Waals surface area contributed by atoms with E-state index >= 15 is 0 Å². The molecule has 1 amide bonds. The summed E-state index contributed by atoms with van der Waals surface area (Å²) in [5.74, 6) is -0.159. The first-order valence-electron chi connectivity index (χ1n) is 8.23. The standard InChI is InChI=1S/C17H20ClF3N2O2/c1-9-8-25-14(7-22-9)16(24)23-4-3-11-5-12(17(19,20)21)6-13(18)15(11)10(23)2/h5-6,9-10,14,22H,3-4,7-8H2,1-2H3/t9-,10-,14+/m0/s1. The summed E-state index contributed by atoms with van der Waals surface area (Å²) < 4.78 is 44.5. The van der Waals surface area contributed by atoms with Crippen LogP contribution in [0.1, 0.15) is 36.6 Å². The number of hydrogen-bond acceptors (Lipinski definition) is 3. The van der Waals surface area contributed by atoms with Gasteiger partial charge in [0.05, 0.1) is 18.2 Å². The molecule has 8 heteroatoms. The highest BCUT2D eigenvalue weighted by atomic mass is 35.5. The van der Waals surface area contributed by atoms with Crippen LogP contribution in [-0.2, 0) is 22.1 Å². The van der Waals surface area contributed by atoms with E-state index in [9.17, 15) is 18.0 Å². The Balaban J connectivity index is 1.84. The van der Waals surface area contributed by atoms with Crippen molar-refractivity contribution in [1.82, 2.24) is 10.2 Å². The zero-order chi connectivity index (χ0) is 18.4. The van der Waals surface area contributed by atoms with Gasteiger partial charge in [0, 0.05) is 24.2 Å². The van der Waals surface area contributed by atoms with Crippen molar-refractivity contribution < 1.29 is 22.7 Å². The number of halogens is 4. The molecule has 1 aromatic carbocycles. The van der Waals surface area contributed by atoms with E-state index in [-0.39, 0.29) is 17.0 Å². The van der Waals surface area contributed by atoms with Crippen LogP contribution in [0.2, 0.25) is 5.02 Å². The molecule has 2 aliphatic rings. The van der Waals surface area contributed by atoms with Crippen molar-refractivity contribution in [1.29, 1.82) is 0 Å². The maximum atomic E-state index is 13.0. The number of alkyl halides is 3. The number of ether oxygens (including phenoxy) is 1. The van der Waals surface area contributed by atoms with E-state index in [1.54, 1.807) is 11.8 Å². The van der Waals surface area contributed by atoms with Crippen LogP contribution in [0.4, 0.5) is 13.2 Å². The van der Waals surface area contributed by atoms with Crippen LogP contribution in [0.25, 0.3) is 0 Å². The van der Waals surface area contributed by atoms with Crippen LogP contribution < -0.4 is 5.32 Å². The molecule has 2 aliphatic heterocycles. The molecule has 1 fully saturated rings.